The molecule has 4 aromatic rings. The number of rotatable bonds is 7. The predicted molar refractivity (Wildman–Crippen MR) is 123 cm³/mol. The first-order chi connectivity index (χ1) is 15.6. The number of carboxylic acid groups (broad SMARTS) is 1. The van der Waals surface area contributed by atoms with Crippen molar-refractivity contribution < 1.29 is 14.7 Å². The second-order valence-electron chi connectivity index (χ2n) is 7.41. The molecule has 0 unspecified atom stereocenters. The summed E-state index contributed by atoms with van der Waals surface area (Å²) in [6, 6.07) is 29.8. The molecule has 158 valence electrons. The van der Waals surface area contributed by atoms with Crippen LogP contribution in [0.25, 0.3) is 11.1 Å². The van der Waals surface area contributed by atoms with Crippen LogP contribution in [0.1, 0.15) is 32.0 Å². The minimum absolute atomic E-state index is 0.185. The van der Waals surface area contributed by atoms with Crippen molar-refractivity contribution in [1.29, 1.82) is 0 Å². The van der Waals surface area contributed by atoms with E-state index in [0.29, 0.717) is 18.8 Å². The van der Waals surface area contributed by atoms with Gasteiger partial charge in [0.2, 0.25) is 0 Å². The maximum absolute atomic E-state index is 13.7. The lowest BCUT2D eigenvalue weighted by molar-refractivity contribution is 0.0693. The zero-order chi connectivity index (χ0) is 22.3. The van der Waals surface area contributed by atoms with Gasteiger partial charge >= 0.3 is 5.97 Å². The number of carboxylic acids is 1. The predicted octanol–water partition coefficient (Wildman–Crippen LogP) is 5.29. The van der Waals surface area contributed by atoms with Crippen molar-refractivity contribution >= 4 is 11.9 Å². The van der Waals surface area contributed by atoms with E-state index in [-0.39, 0.29) is 11.5 Å². The molecule has 1 heterocycles. The van der Waals surface area contributed by atoms with Gasteiger partial charge in [-0.05, 0) is 34.9 Å². The number of amides is 1. The second-order valence-corrected chi connectivity index (χ2v) is 7.41. The molecular weight excluding hydrogens is 400 g/mol. The molecule has 0 atom stereocenters. The minimum atomic E-state index is -0.977. The van der Waals surface area contributed by atoms with Crippen LogP contribution < -0.4 is 0 Å². The van der Waals surface area contributed by atoms with E-state index in [0.717, 1.165) is 22.3 Å². The van der Waals surface area contributed by atoms with Gasteiger partial charge in [0.25, 0.3) is 5.91 Å². The average molecular weight is 422 g/mol. The molecular formula is C27H22N2O3. The van der Waals surface area contributed by atoms with Crippen molar-refractivity contribution in [3.05, 3.63) is 126 Å². The number of hydrogen-bond donors (Lipinski definition) is 1. The number of hydrogen-bond acceptors (Lipinski definition) is 3. The summed E-state index contributed by atoms with van der Waals surface area (Å²) in [4.78, 5) is 31.0. The van der Waals surface area contributed by atoms with Gasteiger partial charge in [-0.1, -0.05) is 78.9 Å². The highest BCUT2D eigenvalue weighted by Gasteiger charge is 2.21. The number of aromatic nitrogens is 1. The van der Waals surface area contributed by atoms with E-state index in [9.17, 15) is 9.59 Å². The van der Waals surface area contributed by atoms with Crippen molar-refractivity contribution in [3.8, 4) is 11.1 Å². The summed E-state index contributed by atoms with van der Waals surface area (Å²) in [5.41, 5.74) is 4.14. The Morgan fingerprint density at radius 2 is 1.31 bits per heavy atom. The Morgan fingerprint density at radius 1 is 0.719 bits per heavy atom. The van der Waals surface area contributed by atoms with Crippen molar-refractivity contribution in [2.45, 2.75) is 13.1 Å². The van der Waals surface area contributed by atoms with Crippen LogP contribution in [0, 0.1) is 0 Å². The molecule has 0 aliphatic rings. The molecule has 0 aliphatic heterocycles. The van der Waals surface area contributed by atoms with Gasteiger partial charge in [-0.2, -0.15) is 0 Å². The first kappa shape index (κ1) is 21.0. The molecule has 1 aromatic heterocycles. The topological polar surface area (TPSA) is 70.5 Å². The fraction of sp³-hybridized carbons (Fsp3) is 0.0741. The second kappa shape index (κ2) is 9.71. The quantitative estimate of drug-likeness (QED) is 0.439. The van der Waals surface area contributed by atoms with E-state index >= 15 is 0 Å². The van der Waals surface area contributed by atoms with E-state index in [1.165, 1.54) is 0 Å². The number of nitrogens with zero attached hydrogens (tertiary/aromatic N) is 2. The van der Waals surface area contributed by atoms with Gasteiger partial charge in [0.1, 0.15) is 5.69 Å². The fourth-order valence-electron chi connectivity index (χ4n) is 3.55. The molecule has 0 radical (unpaired) electrons. The Kier molecular flexibility index (Phi) is 6.37. The van der Waals surface area contributed by atoms with Crippen LogP contribution in [0.4, 0.5) is 0 Å². The molecule has 4 rings (SSSR count). The summed E-state index contributed by atoms with van der Waals surface area (Å²) < 4.78 is 0. The van der Waals surface area contributed by atoms with E-state index < -0.39 is 5.97 Å². The van der Waals surface area contributed by atoms with Gasteiger partial charge in [-0.3, -0.25) is 9.78 Å². The Balaban J connectivity index is 1.68. The van der Waals surface area contributed by atoms with Gasteiger partial charge < -0.3 is 10.0 Å². The summed E-state index contributed by atoms with van der Waals surface area (Å²) in [7, 11) is 0. The van der Waals surface area contributed by atoms with Crippen molar-refractivity contribution in [3.63, 3.8) is 0 Å². The average Bonchev–Trinajstić information content (AvgIpc) is 2.85. The molecule has 0 spiro atoms. The molecule has 5 heteroatoms. The smallest absolute Gasteiger partial charge is 0.335 e. The van der Waals surface area contributed by atoms with Gasteiger partial charge in [-0.25, -0.2) is 4.79 Å². The molecule has 0 saturated heterocycles. The monoisotopic (exact) mass is 422 g/mol. The van der Waals surface area contributed by atoms with E-state index in [4.69, 9.17) is 5.11 Å². The number of carbonyl (C=O) groups excluding carboxylic acids is 1. The number of pyridine rings is 1. The summed E-state index contributed by atoms with van der Waals surface area (Å²) in [5.74, 6) is -1.16. The maximum Gasteiger partial charge on any atom is 0.335 e. The lowest BCUT2D eigenvalue weighted by Gasteiger charge is -2.24. The molecule has 1 N–H and O–H groups in total. The molecule has 32 heavy (non-hydrogen) atoms. The number of benzene rings is 3. The Labute approximate surface area is 186 Å². The SMILES string of the molecule is O=C(O)c1ccc(CN(Cc2ccccc2)C(=O)c2ncccc2-c2ccccc2)cc1. The highest BCUT2D eigenvalue weighted by molar-refractivity contribution is 5.99. The number of aromatic carboxylic acids is 1. The minimum Gasteiger partial charge on any atom is -0.478 e. The molecule has 0 aliphatic carbocycles. The third kappa shape index (κ3) is 4.90. The lowest BCUT2D eigenvalue weighted by Crippen LogP contribution is -2.31. The fourth-order valence-corrected chi connectivity index (χ4v) is 3.55. The summed E-state index contributed by atoms with van der Waals surface area (Å²) in [5, 5.41) is 9.16. The van der Waals surface area contributed by atoms with Crippen LogP contribution in [0.2, 0.25) is 0 Å². The zero-order valence-corrected chi connectivity index (χ0v) is 17.4. The Hall–Kier alpha value is -4.25. The highest BCUT2D eigenvalue weighted by atomic mass is 16.4. The molecule has 0 saturated carbocycles. The molecule has 3 aromatic carbocycles. The van der Waals surface area contributed by atoms with Gasteiger partial charge in [0, 0.05) is 24.8 Å². The largest absolute Gasteiger partial charge is 0.478 e. The van der Waals surface area contributed by atoms with Crippen molar-refractivity contribution in [2.24, 2.45) is 0 Å². The van der Waals surface area contributed by atoms with E-state index in [2.05, 4.69) is 4.98 Å². The Bertz CT molecular complexity index is 1210. The van der Waals surface area contributed by atoms with Crippen molar-refractivity contribution in [2.75, 3.05) is 0 Å². The normalized spacial score (nSPS) is 10.5. The third-order valence-corrected chi connectivity index (χ3v) is 5.17. The van der Waals surface area contributed by atoms with Crippen LogP contribution in [0.3, 0.4) is 0 Å². The van der Waals surface area contributed by atoms with E-state index in [1.54, 1.807) is 35.4 Å². The van der Waals surface area contributed by atoms with Crippen LogP contribution in [-0.4, -0.2) is 26.9 Å². The van der Waals surface area contributed by atoms with Crippen LogP contribution in [0.15, 0.2) is 103 Å². The molecule has 0 fully saturated rings. The maximum atomic E-state index is 13.7. The van der Waals surface area contributed by atoms with Crippen molar-refractivity contribution in [1.82, 2.24) is 9.88 Å². The summed E-state index contributed by atoms with van der Waals surface area (Å²) >= 11 is 0. The lowest BCUT2D eigenvalue weighted by atomic mass is 10.0. The van der Waals surface area contributed by atoms with Gasteiger partial charge in [-0.15, -0.1) is 0 Å². The molecule has 5 nitrogen and oxygen atoms in total. The highest BCUT2D eigenvalue weighted by Crippen LogP contribution is 2.24. The summed E-state index contributed by atoms with van der Waals surface area (Å²) in [6.07, 6.45) is 1.63. The first-order valence-electron chi connectivity index (χ1n) is 10.3. The molecule has 1 amide bonds. The third-order valence-electron chi connectivity index (χ3n) is 5.17. The van der Waals surface area contributed by atoms with Gasteiger partial charge in [0.15, 0.2) is 0 Å². The van der Waals surface area contributed by atoms with Crippen LogP contribution >= 0.6 is 0 Å². The zero-order valence-electron chi connectivity index (χ0n) is 17.4. The standard InChI is InChI=1S/C27H22N2O3/c30-26(25-24(12-7-17-28-25)22-10-5-2-6-11-22)29(18-20-8-3-1-4-9-20)19-21-13-15-23(16-14-21)27(31)32/h1-17H,18-19H2,(H,31,32). The van der Waals surface area contributed by atoms with E-state index in [1.807, 2.05) is 72.8 Å². The Morgan fingerprint density at radius 3 is 1.94 bits per heavy atom. The molecule has 0 bridgehead atoms. The van der Waals surface area contributed by atoms with Gasteiger partial charge in [0.05, 0.1) is 5.56 Å². The summed E-state index contributed by atoms with van der Waals surface area (Å²) in [6.45, 7) is 0.740. The van der Waals surface area contributed by atoms with Crippen LogP contribution in [-0.2, 0) is 13.1 Å². The first-order valence-corrected chi connectivity index (χ1v) is 10.3. The van der Waals surface area contributed by atoms with Crippen LogP contribution in [0.5, 0.6) is 0 Å². The number of carbonyl (C=O) groups is 2.